The lowest BCUT2D eigenvalue weighted by molar-refractivity contribution is -0.393. The van der Waals surface area contributed by atoms with Crippen LogP contribution in [0.1, 0.15) is 53.7 Å². The second kappa shape index (κ2) is 36.3. The molecule has 84 heavy (non-hydrogen) atoms. The first-order valence-corrected chi connectivity index (χ1v) is 27.7. The molecule has 29 heteroatoms. The topological polar surface area (TPSA) is 311 Å². The number of nitro groups is 2. The predicted octanol–water partition coefficient (Wildman–Crippen LogP) is 4.76. The average Bonchev–Trinajstić information content (AvgIpc) is 3.57. The first-order chi connectivity index (χ1) is 40.7. The van der Waals surface area contributed by atoms with Gasteiger partial charge < -0.3 is 73.3 Å². The van der Waals surface area contributed by atoms with E-state index in [1.54, 1.807) is 29.6 Å². The van der Waals surface area contributed by atoms with E-state index in [1.807, 2.05) is 12.1 Å². The Balaban J connectivity index is 0.693. The smallest absolute Gasteiger partial charge is 0.416 e. The van der Waals surface area contributed by atoms with Crippen molar-refractivity contribution in [2.24, 2.45) is 0 Å². The van der Waals surface area contributed by atoms with Crippen molar-refractivity contribution in [2.45, 2.75) is 56.0 Å². The van der Waals surface area contributed by atoms with Crippen molar-refractivity contribution < 1.29 is 85.1 Å². The van der Waals surface area contributed by atoms with Gasteiger partial charge in [0.05, 0.1) is 153 Å². The highest BCUT2D eigenvalue weighted by atomic mass is 19.4. The molecule has 1 saturated carbocycles. The van der Waals surface area contributed by atoms with Crippen molar-refractivity contribution in [3.05, 3.63) is 110 Å². The Morgan fingerprint density at radius 3 is 1.73 bits per heavy atom. The van der Waals surface area contributed by atoms with Gasteiger partial charge in [-0.05, 0) is 74.6 Å². The normalized spacial score (nSPS) is 17.1. The highest BCUT2D eigenvalue weighted by molar-refractivity contribution is 5.97. The number of benzene rings is 2. The van der Waals surface area contributed by atoms with E-state index in [1.165, 1.54) is 18.2 Å². The van der Waals surface area contributed by atoms with Crippen molar-refractivity contribution in [1.29, 1.82) is 0 Å². The first-order valence-electron chi connectivity index (χ1n) is 27.7. The third-order valence-electron chi connectivity index (χ3n) is 13.2. The van der Waals surface area contributed by atoms with Gasteiger partial charge in [-0.1, -0.05) is 0 Å². The molecular weight excluding hydrogens is 1120 g/mol. The minimum Gasteiger partial charge on any atom is -0.491 e. The van der Waals surface area contributed by atoms with Crippen LogP contribution in [-0.4, -0.2) is 210 Å². The van der Waals surface area contributed by atoms with E-state index in [2.05, 4.69) is 30.9 Å². The highest BCUT2D eigenvalue weighted by Crippen LogP contribution is 2.37. The fourth-order valence-corrected chi connectivity index (χ4v) is 8.84. The number of ether oxygens (including phenoxy) is 10. The number of pyridine rings is 1. The molecule has 0 bridgehead atoms. The zero-order valence-corrected chi connectivity index (χ0v) is 46.7. The van der Waals surface area contributed by atoms with Crippen molar-refractivity contribution in [3.63, 3.8) is 0 Å². The van der Waals surface area contributed by atoms with Gasteiger partial charge in [0.15, 0.2) is 5.82 Å². The van der Waals surface area contributed by atoms with Gasteiger partial charge in [0.1, 0.15) is 23.6 Å². The number of aromatic nitrogens is 3. The Labute approximate surface area is 483 Å². The van der Waals surface area contributed by atoms with E-state index in [0.29, 0.717) is 155 Å². The van der Waals surface area contributed by atoms with Gasteiger partial charge in [-0.3, -0.25) is 34.8 Å². The Kier molecular flexibility index (Phi) is 28.7. The van der Waals surface area contributed by atoms with Gasteiger partial charge in [-0.15, -0.1) is 0 Å². The first kappa shape index (κ1) is 66.5. The van der Waals surface area contributed by atoms with E-state index in [-0.39, 0.29) is 85.9 Å². The molecule has 4 N–H and O–H groups in total. The van der Waals surface area contributed by atoms with Crippen LogP contribution in [0, 0.1) is 20.2 Å². The van der Waals surface area contributed by atoms with Gasteiger partial charge in [-0.2, -0.15) is 13.2 Å². The Morgan fingerprint density at radius 2 is 1.21 bits per heavy atom. The average molecular weight is 1190 g/mol. The number of hydrogen-bond acceptors (Lipinski definition) is 22. The van der Waals surface area contributed by atoms with Crippen LogP contribution >= 0.6 is 0 Å². The van der Waals surface area contributed by atoms with E-state index < -0.39 is 39.6 Å². The number of carbonyl (C=O) groups is 2. The lowest BCUT2D eigenvalue weighted by Crippen LogP contribution is -2.46. The number of amides is 2. The Morgan fingerprint density at radius 1 is 0.667 bits per heavy atom. The zero-order valence-electron chi connectivity index (χ0n) is 46.7. The maximum absolute atomic E-state index is 13.8. The molecule has 0 radical (unpaired) electrons. The maximum atomic E-state index is 13.8. The molecule has 0 unspecified atom stereocenters. The third-order valence-corrected chi connectivity index (χ3v) is 13.2. The second-order valence-electron chi connectivity index (χ2n) is 19.2. The third kappa shape index (κ3) is 23.8. The summed E-state index contributed by atoms with van der Waals surface area (Å²) in [5, 5.41) is 42.4. The lowest BCUT2D eigenvalue weighted by Gasteiger charge is -2.37. The molecule has 2 aromatic carbocycles. The molecule has 4 aromatic rings. The molecule has 1 atom stereocenters. The van der Waals surface area contributed by atoms with Crippen molar-refractivity contribution in [1.82, 2.24) is 30.5 Å². The van der Waals surface area contributed by atoms with Crippen molar-refractivity contribution in [2.75, 3.05) is 157 Å². The van der Waals surface area contributed by atoms with Gasteiger partial charge >= 0.3 is 6.18 Å². The summed E-state index contributed by atoms with van der Waals surface area (Å²) in [6.45, 7) is 6.38. The number of nitrogens with one attached hydrogen (secondary N) is 3. The molecular formula is C55H74F3N9O17. The number of halogens is 3. The number of hydrogen-bond donors (Lipinski definition) is 4. The summed E-state index contributed by atoms with van der Waals surface area (Å²) in [6.07, 6.45) is 3.33. The number of anilines is 1. The van der Waals surface area contributed by atoms with Gasteiger partial charge in [0.25, 0.3) is 17.3 Å². The van der Waals surface area contributed by atoms with Crippen molar-refractivity contribution >= 4 is 28.9 Å². The molecule has 2 amide bonds. The van der Waals surface area contributed by atoms with Gasteiger partial charge in [-0.25, -0.2) is 9.97 Å². The van der Waals surface area contributed by atoms with Gasteiger partial charge in [0.2, 0.25) is 5.91 Å². The number of nitro benzene ring substituents is 2. The number of aliphatic hydroxyl groups is 1. The molecule has 6 rings (SSSR count). The number of non-ortho nitro benzene ring substituents is 1. The summed E-state index contributed by atoms with van der Waals surface area (Å²) in [5.74, 6) is -0.842. The summed E-state index contributed by atoms with van der Waals surface area (Å²) in [6, 6.07) is 11.6. The zero-order chi connectivity index (χ0) is 59.8. The predicted molar refractivity (Wildman–Crippen MR) is 294 cm³/mol. The molecule has 2 aliphatic rings. The number of rotatable bonds is 41. The summed E-state index contributed by atoms with van der Waals surface area (Å²) in [7, 11) is 0. The summed E-state index contributed by atoms with van der Waals surface area (Å²) in [5.41, 5.74) is -1.69. The quantitative estimate of drug-likeness (QED) is 0.0264. The van der Waals surface area contributed by atoms with E-state index in [0.717, 1.165) is 17.7 Å². The number of likely N-dealkylation sites (tertiary alicyclic amines) is 1. The molecule has 1 aliphatic heterocycles. The van der Waals surface area contributed by atoms with Crippen LogP contribution in [0.3, 0.4) is 0 Å². The molecule has 462 valence electrons. The van der Waals surface area contributed by atoms with E-state index in [9.17, 15) is 48.1 Å². The minimum absolute atomic E-state index is 0.00629. The van der Waals surface area contributed by atoms with Crippen LogP contribution in [0.15, 0.2) is 73.2 Å². The Hall–Kier alpha value is -6.64. The van der Waals surface area contributed by atoms with E-state index >= 15 is 0 Å². The van der Waals surface area contributed by atoms with Gasteiger partial charge in [0, 0.05) is 67.5 Å². The summed E-state index contributed by atoms with van der Waals surface area (Å²) in [4.78, 5) is 61.5. The molecule has 2 aromatic heterocycles. The highest BCUT2D eigenvalue weighted by Gasteiger charge is 2.38. The molecule has 1 aliphatic carbocycles. The number of nitrogens with zero attached hydrogens (tertiary/aromatic N) is 6. The van der Waals surface area contributed by atoms with E-state index in [4.69, 9.17) is 47.4 Å². The monoisotopic (exact) mass is 1190 g/mol. The molecule has 26 nitrogen and oxygen atoms in total. The van der Waals surface area contributed by atoms with Crippen LogP contribution < -0.4 is 20.7 Å². The SMILES string of the molecule is O=C(NCC(=O)N1CC[C@H](NC2CCC(O)(c3ccc(-c4ncccn4)cn3)CC2)C1)c1cc(OCCOCCOCCOCCOCCOCCOCCOCCOCCOCCNc2ccc([N+](=O)[O-])cc2[N+](=O)[O-])cc(C(F)(F)F)c1. The Bertz CT molecular complexity index is 2610. The molecule has 0 spiro atoms. The fraction of sp³-hybridized carbons (Fsp3) is 0.582. The number of alkyl halides is 3. The largest absolute Gasteiger partial charge is 0.491 e. The standard InChI is InChI=1S/C55H74F3N9O17/c56-55(57,58)43-34-42(53(69)63-39-51(68)65-14-8-45(40-65)64-44-6-9-54(70,10-7-44)50-5-2-41(38-62-50)52-60-11-1-12-61-52)35-47(36-43)84-33-32-83-31-30-82-29-28-81-27-26-80-25-24-79-23-22-78-21-20-77-19-18-76-17-16-75-15-13-59-48-4-3-46(66(71)72)37-49(48)67(73)74/h1-5,11-12,34-38,44-45,59,64,70H,6-10,13-33,39-40H2,(H,63,69)/t44?,45-,54?/m0/s1. The molecule has 2 fully saturated rings. The number of carbonyl (C=O) groups excluding carboxylic acids is 2. The summed E-state index contributed by atoms with van der Waals surface area (Å²) < 4.78 is 96.3. The van der Waals surface area contributed by atoms with Crippen LogP contribution in [0.2, 0.25) is 0 Å². The van der Waals surface area contributed by atoms with Crippen LogP contribution in [-0.2, 0) is 59.2 Å². The van der Waals surface area contributed by atoms with Crippen molar-refractivity contribution in [3.8, 4) is 17.1 Å². The maximum Gasteiger partial charge on any atom is 0.416 e. The lowest BCUT2D eigenvalue weighted by atomic mass is 9.79. The minimum atomic E-state index is -4.76. The van der Waals surface area contributed by atoms with Crippen LogP contribution in [0.25, 0.3) is 11.4 Å². The van der Waals surface area contributed by atoms with Crippen LogP contribution in [0.4, 0.5) is 30.2 Å². The second-order valence-corrected chi connectivity index (χ2v) is 19.2. The van der Waals surface area contributed by atoms with Crippen LogP contribution in [0.5, 0.6) is 5.75 Å². The molecule has 1 saturated heterocycles. The fourth-order valence-electron chi connectivity index (χ4n) is 8.84. The molecule has 3 heterocycles. The summed E-state index contributed by atoms with van der Waals surface area (Å²) >= 11 is 0.